The first-order chi connectivity index (χ1) is 13.2. The van der Waals surface area contributed by atoms with Gasteiger partial charge in [-0.15, -0.1) is 10.2 Å². The topological polar surface area (TPSA) is 76.1 Å². The molecule has 2 aromatic carbocycles. The van der Waals surface area contributed by atoms with Crippen molar-refractivity contribution in [2.75, 3.05) is 24.3 Å². The first-order valence-electron chi connectivity index (χ1n) is 8.73. The first kappa shape index (κ1) is 18.4. The number of methoxy groups -OCH3 is 1. The van der Waals surface area contributed by atoms with Crippen LogP contribution in [0, 0.1) is 6.92 Å². The van der Waals surface area contributed by atoms with Crippen molar-refractivity contribution >= 4 is 17.4 Å². The number of carbonyl (C=O) groups is 1. The maximum Gasteiger partial charge on any atom is 0.276 e. The fourth-order valence-corrected chi connectivity index (χ4v) is 2.61. The third kappa shape index (κ3) is 5.04. The van der Waals surface area contributed by atoms with Crippen LogP contribution < -0.4 is 15.4 Å². The fraction of sp³-hybridized carbons (Fsp3) is 0.190. The van der Waals surface area contributed by atoms with E-state index in [1.807, 2.05) is 49.4 Å². The number of amides is 1. The molecule has 3 rings (SSSR count). The van der Waals surface area contributed by atoms with Crippen molar-refractivity contribution in [1.29, 1.82) is 0 Å². The molecule has 0 saturated heterocycles. The zero-order valence-corrected chi connectivity index (χ0v) is 15.4. The number of para-hydroxylation sites is 1. The van der Waals surface area contributed by atoms with Crippen LogP contribution in [-0.2, 0) is 6.42 Å². The van der Waals surface area contributed by atoms with Crippen LogP contribution in [0.15, 0.2) is 60.7 Å². The summed E-state index contributed by atoms with van der Waals surface area (Å²) in [6.07, 6.45) is 0.828. The van der Waals surface area contributed by atoms with Gasteiger partial charge >= 0.3 is 0 Å². The lowest BCUT2D eigenvalue weighted by Gasteiger charge is -2.08. The molecule has 0 aliphatic rings. The molecule has 0 radical (unpaired) electrons. The average Bonchev–Trinajstić information content (AvgIpc) is 2.70. The quantitative estimate of drug-likeness (QED) is 0.670. The Kier molecular flexibility index (Phi) is 5.99. The van der Waals surface area contributed by atoms with Gasteiger partial charge in [-0.1, -0.05) is 30.3 Å². The number of ether oxygens (including phenoxy) is 1. The van der Waals surface area contributed by atoms with Gasteiger partial charge in [0.1, 0.15) is 11.6 Å². The Bertz CT molecular complexity index is 910. The lowest BCUT2D eigenvalue weighted by Crippen LogP contribution is -2.15. The highest BCUT2D eigenvalue weighted by atomic mass is 16.5. The van der Waals surface area contributed by atoms with Crippen molar-refractivity contribution in [3.63, 3.8) is 0 Å². The first-order valence-corrected chi connectivity index (χ1v) is 8.73. The Hall–Kier alpha value is -3.41. The van der Waals surface area contributed by atoms with Gasteiger partial charge in [-0.25, -0.2) is 0 Å². The van der Waals surface area contributed by atoms with Gasteiger partial charge in [0.25, 0.3) is 5.91 Å². The summed E-state index contributed by atoms with van der Waals surface area (Å²) in [7, 11) is 1.66. The molecule has 1 heterocycles. The third-order valence-electron chi connectivity index (χ3n) is 4.14. The number of aromatic nitrogens is 2. The van der Waals surface area contributed by atoms with Crippen LogP contribution in [0.4, 0.5) is 11.5 Å². The van der Waals surface area contributed by atoms with Crippen molar-refractivity contribution in [2.45, 2.75) is 13.3 Å². The summed E-state index contributed by atoms with van der Waals surface area (Å²) in [6, 6.07) is 19.0. The highest BCUT2D eigenvalue weighted by Crippen LogP contribution is 2.15. The number of nitrogens with zero attached hydrogens (tertiary/aromatic N) is 2. The molecule has 3 aromatic rings. The number of aryl methyl sites for hydroxylation is 1. The Morgan fingerprint density at radius 1 is 1.04 bits per heavy atom. The van der Waals surface area contributed by atoms with Crippen LogP contribution in [0.5, 0.6) is 5.75 Å². The number of nitrogens with one attached hydrogen (secondary N) is 2. The minimum atomic E-state index is -0.278. The van der Waals surface area contributed by atoms with Gasteiger partial charge in [0.2, 0.25) is 0 Å². The molecule has 0 aliphatic carbocycles. The van der Waals surface area contributed by atoms with E-state index >= 15 is 0 Å². The van der Waals surface area contributed by atoms with E-state index in [1.54, 1.807) is 19.2 Å². The average molecular weight is 362 g/mol. The van der Waals surface area contributed by atoms with E-state index in [1.165, 1.54) is 5.56 Å². The SMILES string of the molecule is COc1cccc(CCNc2ccc(C(=O)Nc3ccccc3C)nn2)c1. The molecular weight excluding hydrogens is 340 g/mol. The third-order valence-corrected chi connectivity index (χ3v) is 4.14. The summed E-state index contributed by atoms with van der Waals surface area (Å²) in [5, 5.41) is 14.2. The number of benzene rings is 2. The Labute approximate surface area is 158 Å². The molecule has 0 bridgehead atoms. The largest absolute Gasteiger partial charge is 0.497 e. The minimum Gasteiger partial charge on any atom is -0.497 e. The smallest absolute Gasteiger partial charge is 0.276 e. The van der Waals surface area contributed by atoms with Gasteiger partial charge in [-0.2, -0.15) is 0 Å². The van der Waals surface area contributed by atoms with E-state index in [9.17, 15) is 4.79 Å². The predicted molar refractivity (Wildman–Crippen MR) is 106 cm³/mol. The lowest BCUT2D eigenvalue weighted by atomic mass is 10.1. The van der Waals surface area contributed by atoms with E-state index in [0.717, 1.165) is 23.4 Å². The van der Waals surface area contributed by atoms with Crippen molar-refractivity contribution < 1.29 is 9.53 Å². The van der Waals surface area contributed by atoms with Crippen molar-refractivity contribution in [1.82, 2.24) is 10.2 Å². The molecule has 0 aliphatic heterocycles. The summed E-state index contributed by atoms with van der Waals surface area (Å²) in [5.74, 6) is 1.20. The molecule has 2 N–H and O–H groups in total. The summed E-state index contributed by atoms with van der Waals surface area (Å²) in [6.45, 7) is 2.65. The molecule has 6 nitrogen and oxygen atoms in total. The fourth-order valence-electron chi connectivity index (χ4n) is 2.61. The molecule has 0 saturated carbocycles. The van der Waals surface area contributed by atoms with Gasteiger partial charge in [-0.05, 0) is 54.8 Å². The zero-order valence-electron chi connectivity index (χ0n) is 15.4. The van der Waals surface area contributed by atoms with E-state index < -0.39 is 0 Å². The zero-order chi connectivity index (χ0) is 19.1. The van der Waals surface area contributed by atoms with Gasteiger partial charge in [0.05, 0.1) is 7.11 Å². The normalized spacial score (nSPS) is 10.3. The maximum atomic E-state index is 12.3. The summed E-state index contributed by atoms with van der Waals surface area (Å²) in [5.41, 5.74) is 3.21. The van der Waals surface area contributed by atoms with Crippen LogP contribution in [0.25, 0.3) is 0 Å². The Balaban J connectivity index is 1.53. The van der Waals surface area contributed by atoms with Gasteiger partial charge in [0.15, 0.2) is 5.69 Å². The molecule has 0 fully saturated rings. The highest BCUT2D eigenvalue weighted by molar-refractivity contribution is 6.03. The van der Waals surface area contributed by atoms with Gasteiger partial charge in [0, 0.05) is 12.2 Å². The predicted octanol–water partition coefficient (Wildman–Crippen LogP) is 3.70. The number of hydrogen-bond acceptors (Lipinski definition) is 5. The van der Waals surface area contributed by atoms with Crippen LogP contribution in [0.3, 0.4) is 0 Å². The van der Waals surface area contributed by atoms with Crippen molar-refractivity contribution in [3.8, 4) is 5.75 Å². The molecule has 1 aromatic heterocycles. The van der Waals surface area contributed by atoms with Crippen LogP contribution in [-0.4, -0.2) is 29.8 Å². The van der Waals surface area contributed by atoms with E-state index in [-0.39, 0.29) is 11.6 Å². The molecule has 27 heavy (non-hydrogen) atoms. The van der Waals surface area contributed by atoms with Crippen LogP contribution >= 0.6 is 0 Å². The molecule has 1 amide bonds. The van der Waals surface area contributed by atoms with E-state index in [2.05, 4.69) is 26.9 Å². The Morgan fingerprint density at radius 3 is 2.63 bits per heavy atom. The monoisotopic (exact) mass is 362 g/mol. The molecule has 0 unspecified atom stereocenters. The summed E-state index contributed by atoms with van der Waals surface area (Å²) < 4.78 is 5.22. The van der Waals surface area contributed by atoms with Crippen molar-refractivity contribution in [2.24, 2.45) is 0 Å². The van der Waals surface area contributed by atoms with Gasteiger partial charge < -0.3 is 15.4 Å². The second kappa shape index (κ2) is 8.80. The minimum absolute atomic E-state index is 0.275. The summed E-state index contributed by atoms with van der Waals surface area (Å²) in [4.78, 5) is 12.3. The van der Waals surface area contributed by atoms with E-state index in [4.69, 9.17) is 4.74 Å². The van der Waals surface area contributed by atoms with Gasteiger partial charge in [-0.3, -0.25) is 4.79 Å². The maximum absolute atomic E-state index is 12.3. The second-order valence-electron chi connectivity index (χ2n) is 6.10. The number of hydrogen-bond donors (Lipinski definition) is 2. The molecule has 0 spiro atoms. The number of carbonyl (C=O) groups excluding carboxylic acids is 1. The van der Waals surface area contributed by atoms with Crippen LogP contribution in [0.1, 0.15) is 21.6 Å². The van der Waals surface area contributed by atoms with Crippen LogP contribution in [0.2, 0.25) is 0 Å². The number of anilines is 2. The standard InChI is InChI=1S/C21H22N4O2/c1-15-6-3-4-9-18(15)23-21(26)19-10-11-20(25-24-19)22-13-12-16-7-5-8-17(14-16)27-2/h3-11,14H,12-13H2,1-2H3,(H,22,25)(H,23,26). The molecule has 6 heteroatoms. The number of rotatable bonds is 7. The highest BCUT2D eigenvalue weighted by Gasteiger charge is 2.09. The lowest BCUT2D eigenvalue weighted by molar-refractivity contribution is 0.102. The molecule has 0 atom stereocenters. The van der Waals surface area contributed by atoms with Crippen molar-refractivity contribution in [3.05, 3.63) is 77.5 Å². The molecular formula is C21H22N4O2. The second-order valence-corrected chi connectivity index (χ2v) is 6.10. The molecule has 138 valence electrons. The summed E-state index contributed by atoms with van der Waals surface area (Å²) >= 11 is 0. The van der Waals surface area contributed by atoms with E-state index in [0.29, 0.717) is 12.4 Å². The Morgan fingerprint density at radius 2 is 1.89 bits per heavy atom.